The molecular formula is C11H19NO2. The van der Waals surface area contributed by atoms with Crippen LogP contribution in [0, 0.1) is 0 Å². The van der Waals surface area contributed by atoms with Crippen molar-refractivity contribution in [2.45, 2.75) is 56.5 Å². The van der Waals surface area contributed by atoms with Crippen molar-refractivity contribution in [3.05, 3.63) is 0 Å². The summed E-state index contributed by atoms with van der Waals surface area (Å²) in [5, 5.41) is 3.52. The van der Waals surface area contributed by atoms with Crippen molar-refractivity contribution in [2.24, 2.45) is 0 Å². The molecule has 0 aromatic heterocycles. The summed E-state index contributed by atoms with van der Waals surface area (Å²) in [6.07, 6.45) is 7.08. The monoisotopic (exact) mass is 197 g/mol. The van der Waals surface area contributed by atoms with E-state index in [1.165, 1.54) is 32.8 Å². The Morgan fingerprint density at radius 2 is 1.86 bits per heavy atom. The number of hydrogen-bond acceptors (Lipinski definition) is 3. The minimum atomic E-state index is -0.431. The van der Waals surface area contributed by atoms with E-state index in [2.05, 4.69) is 5.32 Å². The molecule has 2 aliphatic rings. The van der Waals surface area contributed by atoms with Gasteiger partial charge in [0.05, 0.1) is 7.11 Å². The lowest BCUT2D eigenvalue weighted by atomic mass is 9.95. The number of rotatable bonds is 1. The quantitative estimate of drug-likeness (QED) is 0.649. The number of carbonyl (C=O) groups is 1. The molecule has 1 spiro atoms. The number of ether oxygens (including phenoxy) is 1. The molecule has 0 aromatic rings. The van der Waals surface area contributed by atoms with Crippen LogP contribution in [-0.2, 0) is 9.53 Å². The molecule has 1 saturated carbocycles. The molecule has 2 fully saturated rings. The van der Waals surface area contributed by atoms with E-state index in [4.69, 9.17) is 4.74 Å². The van der Waals surface area contributed by atoms with Crippen molar-refractivity contribution < 1.29 is 9.53 Å². The Kier molecular flexibility index (Phi) is 2.30. The lowest BCUT2D eigenvalue weighted by molar-refractivity contribution is -0.147. The summed E-state index contributed by atoms with van der Waals surface area (Å²) in [6, 6.07) is 0. The summed E-state index contributed by atoms with van der Waals surface area (Å²) in [7, 11) is 1.47. The highest BCUT2D eigenvalue weighted by molar-refractivity contribution is 5.80. The molecule has 1 N–H and O–H groups in total. The van der Waals surface area contributed by atoms with Crippen LogP contribution < -0.4 is 5.32 Å². The third-order valence-electron chi connectivity index (χ3n) is 3.84. The Balaban J connectivity index is 2.09. The maximum absolute atomic E-state index is 11.6. The molecule has 3 heteroatoms. The fraction of sp³-hybridized carbons (Fsp3) is 0.909. The minimum absolute atomic E-state index is 0.110. The number of methoxy groups -OCH3 is 1. The average molecular weight is 197 g/mol. The maximum Gasteiger partial charge on any atom is 0.325 e. The summed E-state index contributed by atoms with van der Waals surface area (Å²) >= 11 is 0. The molecule has 0 aromatic carbocycles. The van der Waals surface area contributed by atoms with Gasteiger partial charge in [-0.15, -0.1) is 0 Å². The number of hydrogen-bond donors (Lipinski definition) is 1. The molecule has 0 bridgehead atoms. The number of esters is 1. The Morgan fingerprint density at radius 3 is 2.43 bits per heavy atom. The summed E-state index contributed by atoms with van der Waals surface area (Å²) in [5.41, 5.74) is -0.179. The van der Waals surface area contributed by atoms with Gasteiger partial charge in [-0.3, -0.25) is 10.1 Å². The normalized spacial score (nSPS) is 35.0. The van der Waals surface area contributed by atoms with Crippen molar-refractivity contribution in [3.63, 3.8) is 0 Å². The molecule has 2 rings (SSSR count). The summed E-state index contributed by atoms with van der Waals surface area (Å²) in [4.78, 5) is 11.6. The first-order chi connectivity index (χ1) is 6.60. The first-order valence-corrected chi connectivity index (χ1v) is 5.48. The highest BCUT2D eigenvalue weighted by Gasteiger charge is 2.50. The predicted octanol–water partition coefficient (Wildman–Crippen LogP) is 1.61. The standard InChI is InChI=1S/C11H19NO2/c1-10(9(13)14-2)7-8-11(12-10)5-3-4-6-11/h12H,3-8H2,1-2H3. The highest BCUT2D eigenvalue weighted by Crippen LogP contribution is 2.42. The Hall–Kier alpha value is -0.570. The second-order valence-corrected chi connectivity index (χ2v) is 4.94. The van der Waals surface area contributed by atoms with E-state index in [9.17, 15) is 4.79 Å². The molecule has 1 heterocycles. The van der Waals surface area contributed by atoms with Crippen molar-refractivity contribution in [1.29, 1.82) is 0 Å². The third-order valence-corrected chi connectivity index (χ3v) is 3.84. The van der Waals surface area contributed by atoms with Gasteiger partial charge in [0, 0.05) is 5.54 Å². The van der Waals surface area contributed by atoms with E-state index < -0.39 is 5.54 Å². The second-order valence-electron chi connectivity index (χ2n) is 4.94. The predicted molar refractivity (Wildman–Crippen MR) is 54.0 cm³/mol. The first kappa shape index (κ1) is 9.97. The second kappa shape index (κ2) is 3.23. The Bertz CT molecular complexity index is 246. The van der Waals surface area contributed by atoms with Crippen molar-refractivity contribution >= 4 is 5.97 Å². The van der Waals surface area contributed by atoms with Crippen LogP contribution in [0.5, 0.6) is 0 Å². The van der Waals surface area contributed by atoms with Gasteiger partial charge in [0.25, 0.3) is 0 Å². The molecule has 80 valence electrons. The van der Waals surface area contributed by atoms with E-state index in [0.717, 1.165) is 12.8 Å². The van der Waals surface area contributed by atoms with Gasteiger partial charge in [0.2, 0.25) is 0 Å². The van der Waals surface area contributed by atoms with Gasteiger partial charge in [-0.2, -0.15) is 0 Å². The van der Waals surface area contributed by atoms with Gasteiger partial charge < -0.3 is 4.74 Å². The van der Waals surface area contributed by atoms with Crippen LogP contribution >= 0.6 is 0 Å². The fourth-order valence-electron chi connectivity index (χ4n) is 3.00. The van der Waals surface area contributed by atoms with E-state index >= 15 is 0 Å². The smallest absolute Gasteiger partial charge is 0.325 e. The van der Waals surface area contributed by atoms with E-state index in [1.807, 2.05) is 6.92 Å². The Labute approximate surface area is 85.2 Å². The lowest BCUT2D eigenvalue weighted by Crippen LogP contribution is -2.52. The van der Waals surface area contributed by atoms with Gasteiger partial charge in [-0.25, -0.2) is 0 Å². The largest absolute Gasteiger partial charge is 0.468 e. The van der Waals surface area contributed by atoms with Crippen molar-refractivity contribution in [2.75, 3.05) is 7.11 Å². The van der Waals surface area contributed by atoms with Crippen LogP contribution in [0.15, 0.2) is 0 Å². The van der Waals surface area contributed by atoms with E-state index in [0.29, 0.717) is 0 Å². The highest BCUT2D eigenvalue weighted by atomic mass is 16.5. The van der Waals surface area contributed by atoms with E-state index in [-0.39, 0.29) is 11.5 Å². The molecular weight excluding hydrogens is 178 g/mol. The summed E-state index contributed by atoms with van der Waals surface area (Å²) in [6.45, 7) is 1.96. The van der Waals surface area contributed by atoms with Gasteiger partial charge in [0.1, 0.15) is 5.54 Å². The zero-order chi connectivity index (χ0) is 10.2. The molecule has 1 atom stereocenters. The van der Waals surface area contributed by atoms with Crippen molar-refractivity contribution in [3.8, 4) is 0 Å². The third kappa shape index (κ3) is 1.44. The van der Waals surface area contributed by atoms with Gasteiger partial charge >= 0.3 is 5.97 Å². The van der Waals surface area contributed by atoms with Crippen LogP contribution in [0.3, 0.4) is 0 Å². The molecule has 1 saturated heterocycles. The lowest BCUT2D eigenvalue weighted by Gasteiger charge is -2.29. The topological polar surface area (TPSA) is 38.3 Å². The number of nitrogens with one attached hydrogen (secondary N) is 1. The number of carbonyl (C=O) groups excluding carboxylic acids is 1. The van der Waals surface area contributed by atoms with Crippen molar-refractivity contribution in [1.82, 2.24) is 5.32 Å². The molecule has 3 nitrogen and oxygen atoms in total. The van der Waals surface area contributed by atoms with Crippen LogP contribution in [-0.4, -0.2) is 24.2 Å². The molecule has 1 aliphatic carbocycles. The zero-order valence-electron chi connectivity index (χ0n) is 9.06. The van der Waals surface area contributed by atoms with Gasteiger partial charge in [-0.05, 0) is 32.6 Å². The molecule has 0 radical (unpaired) electrons. The fourth-order valence-corrected chi connectivity index (χ4v) is 3.00. The van der Waals surface area contributed by atoms with Crippen LogP contribution in [0.4, 0.5) is 0 Å². The maximum atomic E-state index is 11.6. The molecule has 14 heavy (non-hydrogen) atoms. The van der Waals surface area contributed by atoms with Crippen LogP contribution in [0.25, 0.3) is 0 Å². The average Bonchev–Trinajstić information content (AvgIpc) is 2.75. The van der Waals surface area contributed by atoms with Crippen LogP contribution in [0.1, 0.15) is 45.4 Å². The first-order valence-electron chi connectivity index (χ1n) is 5.48. The molecule has 1 unspecified atom stereocenters. The van der Waals surface area contributed by atoms with Gasteiger partial charge in [-0.1, -0.05) is 12.8 Å². The molecule has 1 aliphatic heterocycles. The Morgan fingerprint density at radius 1 is 1.21 bits per heavy atom. The van der Waals surface area contributed by atoms with Gasteiger partial charge in [0.15, 0.2) is 0 Å². The molecule has 0 amide bonds. The SMILES string of the molecule is COC(=O)C1(C)CCC2(CCCC2)N1. The van der Waals surface area contributed by atoms with Crippen LogP contribution in [0.2, 0.25) is 0 Å². The summed E-state index contributed by atoms with van der Waals surface area (Å²) in [5.74, 6) is -0.110. The zero-order valence-corrected chi connectivity index (χ0v) is 9.06. The van der Waals surface area contributed by atoms with E-state index in [1.54, 1.807) is 0 Å². The summed E-state index contributed by atoms with van der Waals surface area (Å²) < 4.78 is 4.84. The minimum Gasteiger partial charge on any atom is -0.468 e.